The molecule has 110 valence electrons. The van der Waals surface area contributed by atoms with Gasteiger partial charge < -0.3 is 4.74 Å². The number of hydrogen-bond acceptors (Lipinski definition) is 3. The van der Waals surface area contributed by atoms with Gasteiger partial charge >= 0.3 is 0 Å². The molecule has 0 aromatic heterocycles. The highest BCUT2D eigenvalue weighted by atomic mass is 16.5. The van der Waals surface area contributed by atoms with Crippen molar-refractivity contribution in [2.75, 3.05) is 32.8 Å². The van der Waals surface area contributed by atoms with E-state index in [-0.39, 0.29) is 5.60 Å². The normalized spacial score (nSPS) is 41.4. The van der Waals surface area contributed by atoms with Crippen molar-refractivity contribution >= 4 is 0 Å². The zero-order valence-electron chi connectivity index (χ0n) is 12.7. The van der Waals surface area contributed by atoms with Gasteiger partial charge in [0, 0.05) is 38.3 Å². The van der Waals surface area contributed by atoms with E-state index in [2.05, 4.69) is 23.6 Å². The average molecular weight is 266 g/mol. The van der Waals surface area contributed by atoms with E-state index < -0.39 is 0 Å². The molecule has 3 aliphatic rings. The Morgan fingerprint density at radius 2 is 2.11 bits per heavy atom. The SMILES string of the molecule is CCC1CN2CCCCC2CN1CC1(C)CCCO1. The summed E-state index contributed by atoms with van der Waals surface area (Å²) in [5.74, 6) is 0. The average Bonchev–Trinajstić information content (AvgIpc) is 2.84. The lowest BCUT2D eigenvalue weighted by atomic mass is 9.93. The van der Waals surface area contributed by atoms with Gasteiger partial charge in [-0.1, -0.05) is 13.3 Å². The number of piperazine rings is 1. The lowest BCUT2D eigenvalue weighted by Gasteiger charge is -2.50. The first-order chi connectivity index (χ1) is 9.20. The lowest BCUT2D eigenvalue weighted by Crippen LogP contribution is -2.61. The van der Waals surface area contributed by atoms with Gasteiger partial charge in [0.1, 0.15) is 0 Å². The summed E-state index contributed by atoms with van der Waals surface area (Å²) in [6, 6.07) is 1.57. The highest BCUT2D eigenvalue weighted by Crippen LogP contribution is 2.31. The maximum absolute atomic E-state index is 6.02. The molecule has 3 heterocycles. The topological polar surface area (TPSA) is 15.7 Å². The zero-order chi connectivity index (χ0) is 13.3. The molecule has 3 unspecified atom stereocenters. The van der Waals surface area contributed by atoms with E-state index in [4.69, 9.17) is 4.74 Å². The predicted molar refractivity (Wildman–Crippen MR) is 78.5 cm³/mol. The fourth-order valence-corrected chi connectivity index (χ4v) is 4.29. The quantitative estimate of drug-likeness (QED) is 0.780. The molecule has 3 heteroatoms. The summed E-state index contributed by atoms with van der Waals surface area (Å²) in [7, 11) is 0. The van der Waals surface area contributed by atoms with Gasteiger partial charge in [0.2, 0.25) is 0 Å². The Morgan fingerprint density at radius 3 is 2.84 bits per heavy atom. The van der Waals surface area contributed by atoms with Crippen LogP contribution >= 0.6 is 0 Å². The van der Waals surface area contributed by atoms with Crippen molar-refractivity contribution in [3.05, 3.63) is 0 Å². The third-order valence-electron chi connectivity index (χ3n) is 5.47. The molecular weight excluding hydrogens is 236 g/mol. The summed E-state index contributed by atoms with van der Waals surface area (Å²) < 4.78 is 6.02. The third-order valence-corrected chi connectivity index (χ3v) is 5.47. The Hall–Kier alpha value is -0.120. The Kier molecular flexibility index (Phi) is 4.16. The van der Waals surface area contributed by atoms with Crippen LogP contribution in [0, 0.1) is 0 Å². The van der Waals surface area contributed by atoms with Gasteiger partial charge in [-0.05, 0) is 45.6 Å². The number of fused-ring (bicyclic) bond motifs is 1. The van der Waals surface area contributed by atoms with Crippen LogP contribution in [0.1, 0.15) is 52.4 Å². The van der Waals surface area contributed by atoms with Crippen molar-refractivity contribution in [2.24, 2.45) is 0 Å². The number of rotatable bonds is 3. The second-order valence-electron chi connectivity index (χ2n) is 7.04. The summed E-state index contributed by atoms with van der Waals surface area (Å²) in [6.45, 7) is 10.7. The van der Waals surface area contributed by atoms with E-state index in [1.807, 2.05) is 0 Å². The molecule has 3 saturated heterocycles. The molecule has 0 aromatic carbocycles. The second-order valence-corrected chi connectivity index (χ2v) is 7.04. The van der Waals surface area contributed by atoms with Crippen LogP contribution in [-0.2, 0) is 4.74 Å². The number of nitrogens with zero attached hydrogens (tertiary/aromatic N) is 2. The Balaban J connectivity index is 1.65. The Bertz CT molecular complexity index is 301. The van der Waals surface area contributed by atoms with Crippen LogP contribution in [0.3, 0.4) is 0 Å². The van der Waals surface area contributed by atoms with Crippen LogP contribution in [0.25, 0.3) is 0 Å². The first-order valence-corrected chi connectivity index (χ1v) is 8.32. The summed E-state index contributed by atoms with van der Waals surface area (Å²) in [5, 5.41) is 0. The monoisotopic (exact) mass is 266 g/mol. The van der Waals surface area contributed by atoms with E-state index in [0.29, 0.717) is 0 Å². The van der Waals surface area contributed by atoms with Crippen molar-refractivity contribution in [1.29, 1.82) is 0 Å². The van der Waals surface area contributed by atoms with E-state index in [9.17, 15) is 0 Å². The first-order valence-electron chi connectivity index (χ1n) is 8.32. The fraction of sp³-hybridized carbons (Fsp3) is 1.00. The molecule has 19 heavy (non-hydrogen) atoms. The summed E-state index contributed by atoms with van der Waals surface area (Å²) in [4.78, 5) is 5.50. The molecule has 0 N–H and O–H groups in total. The molecule has 3 aliphatic heterocycles. The molecule has 0 aromatic rings. The number of piperidine rings is 1. The van der Waals surface area contributed by atoms with Gasteiger partial charge in [0.15, 0.2) is 0 Å². The third kappa shape index (κ3) is 2.98. The molecule has 3 rings (SSSR count). The molecule has 0 saturated carbocycles. The molecule has 0 radical (unpaired) electrons. The standard InChI is InChI=1S/C16H30N2O/c1-3-14-11-17-9-5-4-7-15(17)12-18(14)13-16(2)8-6-10-19-16/h14-15H,3-13H2,1-2H3. The summed E-state index contributed by atoms with van der Waals surface area (Å²) in [5.41, 5.74) is 0.129. The highest BCUT2D eigenvalue weighted by molar-refractivity contribution is 4.94. The van der Waals surface area contributed by atoms with Crippen molar-refractivity contribution in [3.63, 3.8) is 0 Å². The minimum absolute atomic E-state index is 0.129. The van der Waals surface area contributed by atoms with Crippen LogP contribution in [0.15, 0.2) is 0 Å². The molecule has 0 bridgehead atoms. The molecule has 0 spiro atoms. The van der Waals surface area contributed by atoms with Gasteiger partial charge in [-0.3, -0.25) is 9.80 Å². The minimum Gasteiger partial charge on any atom is -0.374 e. The maximum atomic E-state index is 6.02. The molecule has 3 atom stereocenters. The van der Waals surface area contributed by atoms with Gasteiger partial charge in [0.05, 0.1) is 5.60 Å². The van der Waals surface area contributed by atoms with E-state index in [1.165, 1.54) is 58.2 Å². The van der Waals surface area contributed by atoms with Crippen LogP contribution < -0.4 is 0 Å². The van der Waals surface area contributed by atoms with Crippen LogP contribution in [0.2, 0.25) is 0 Å². The molecule has 3 fully saturated rings. The zero-order valence-corrected chi connectivity index (χ0v) is 12.7. The molecule has 3 nitrogen and oxygen atoms in total. The Morgan fingerprint density at radius 1 is 1.21 bits per heavy atom. The van der Waals surface area contributed by atoms with E-state index >= 15 is 0 Å². The van der Waals surface area contributed by atoms with Crippen LogP contribution in [0.5, 0.6) is 0 Å². The predicted octanol–water partition coefficient (Wildman–Crippen LogP) is 2.50. The molecule has 0 aliphatic carbocycles. The van der Waals surface area contributed by atoms with Crippen molar-refractivity contribution < 1.29 is 4.74 Å². The van der Waals surface area contributed by atoms with Crippen LogP contribution in [0.4, 0.5) is 0 Å². The minimum atomic E-state index is 0.129. The van der Waals surface area contributed by atoms with Gasteiger partial charge in [-0.2, -0.15) is 0 Å². The van der Waals surface area contributed by atoms with Crippen molar-refractivity contribution in [3.8, 4) is 0 Å². The number of hydrogen-bond donors (Lipinski definition) is 0. The summed E-state index contributed by atoms with van der Waals surface area (Å²) in [6.07, 6.45) is 8.02. The second kappa shape index (κ2) is 5.71. The number of ether oxygens (including phenoxy) is 1. The molecule has 0 amide bonds. The fourth-order valence-electron chi connectivity index (χ4n) is 4.29. The Labute approximate surface area is 118 Å². The lowest BCUT2D eigenvalue weighted by molar-refractivity contribution is -0.0555. The molecular formula is C16H30N2O. The van der Waals surface area contributed by atoms with Gasteiger partial charge in [-0.25, -0.2) is 0 Å². The largest absolute Gasteiger partial charge is 0.374 e. The van der Waals surface area contributed by atoms with Gasteiger partial charge in [0.25, 0.3) is 0 Å². The summed E-state index contributed by atoms with van der Waals surface area (Å²) >= 11 is 0. The van der Waals surface area contributed by atoms with Crippen LogP contribution in [-0.4, -0.2) is 60.3 Å². The smallest absolute Gasteiger partial charge is 0.0781 e. The van der Waals surface area contributed by atoms with E-state index in [0.717, 1.165) is 25.2 Å². The highest BCUT2D eigenvalue weighted by Gasteiger charge is 2.39. The first kappa shape index (κ1) is 13.8. The van der Waals surface area contributed by atoms with E-state index in [1.54, 1.807) is 0 Å². The maximum Gasteiger partial charge on any atom is 0.0781 e. The van der Waals surface area contributed by atoms with Crippen molar-refractivity contribution in [2.45, 2.75) is 70.1 Å². The van der Waals surface area contributed by atoms with Crippen molar-refractivity contribution in [1.82, 2.24) is 9.80 Å². The van der Waals surface area contributed by atoms with Gasteiger partial charge in [-0.15, -0.1) is 0 Å².